The summed E-state index contributed by atoms with van der Waals surface area (Å²) in [7, 11) is 0.345. The minimum Gasteiger partial charge on any atom is -0.477 e. The Kier molecular flexibility index (Phi) is 6.31. The summed E-state index contributed by atoms with van der Waals surface area (Å²) < 4.78 is 2.24. The zero-order valence-corrected chi connectivity index (χ0v) is 7.64. The fourth-order valence-electron chi connectivity index (χ4n) is 0.420. The van der Waals surface area contributed by atoms with Crippen molar-refractivity contribution in [2.45, 2.75) is 0 Å². The molecule has 0 radical (unpaired) electrons. The standard InChI is InChI=1S/C5H10NO3PS/c7-3-10-2-1-4(6-11)5(8)9/h1,6-7,10-11H,2-3H2,(H,8,9). The van der Waals surface area contributed by atoms with E-state index >= 15 is 0 Å². The maximum absolute atomic E-state index is 10.3. The van der Waals surface area contributed by atoms with Gasteiger partial charge in [0.2, 0.25) is 0 Å². The van der Waals surface area contributed by atoms with Gasteiger partial charge in [0.15, 0.2) is 0 Å². The van der Waals surface area contributed by atoms with E-state index in [1.54, 1.807) is 0 Å². The summed E-state index contributed by atoms with van der Waals surface area (Å²) in [6.45, 7) is 0. The molecule has 0 aromatic rings. The first-order valence-corrected chi connectivity index (χ1v) is 4.73. The molecule has 1 atom stereocenters. The predicted molar refractivity (Wildman–Crippen MR) is 48.1 cm³/mol. The van der Waals surface area contributed by atoms with Gasteiger partial charge in [0, 0.05) is 0 Å². The van der Waals surface area contributed by atoms with Crippen molar-refractivity contribution < 1.29 is 15.0 Å². The zero-order chi connectivity index (χ0) is 8.69. The number of nitrogens with one attached hydrogen (secondary N) is 1. The quantitative estimate of drug-likeness (QED) is 0.216. The van der Waals surface area contributed by atoms with E-state index in [1.165, 1.54) is 6.08 Å². The van der Waals surface area contributed by atoms with Crippen molar-refractivity contribution in [2.75, 3.05) is 12.5 Å². The summed E-state index contributed by atoms with van der Waals surface area (Å²) in [5.74, 6) is -1.04. The first kappa shape index (κ1) is 10.8. The Morgan fingerprint density at radius 2 is 2.36 bits per heavy atom. The molecule has 0 spiro atoms. The first-order chi connectivity index (χ1) is 5.22. The number of carboxylic acid groups (broad SMARTS) is 1. The Labute approximate surface area is 72.0 Å². The summed E-state index contributed by atoms with van der Waals surface area (Å²) in [5, 5.41) is 16.8. The van der Waals surface area contributed by atoms with Crippen LogP contribution in [-0.4, -0.2) is 28.7 Å². The second kappa shape index (κ2) is 6.46. The summed E-state index contributed by atoms with van der Waals surface area (Å²) in [6.07, 6.45) is 2.14. The number of rotatable bonds is 5. The molecule has 0 saturated heterocycles. The lowest BCUT2D eigenvalue weighted by atomic mass is 10.4. The van der Waals surface area contributed by atoms with Crippen molar-refractivity contribution in [3.63, 3.8) is 0 Å². The number of thiol groups is 1. The van der Waals surface area contributed by atoms with Gasteiger partial charge in [0.05, 0.1) is 6.35 Å². The van der Waals surface area contributed by atoms with E-state index in [2.05, 4.69) is 17.5 Å². The molecule has 1 unspecified atom stereocenters. The number of aliphatic hydroxyl groups is 1. The Balaban J connectivity index is 3.81. The number of carbonyl (C=O) groups is 1. The average Bonchev–Trinajstić information content (AvgIpc) is 1.97. The van der Waals surface area contributed by atoms with Crippen LogP contribution in [0.1, 0.15) is 0 Å². The molecule has 3 N–H and O–H groups in total. The first-order valence-electron chi connectivity index (χ1n) is 2.87. The van der Waals surface area contributed by atoms with Crippen LogP contribution < -0.4 is 4.72 Å². The van der Waals surface area contributed by atoms with Gasteiger partial charge in [-0.3, -0.25) is 0 Å². The van der Waals surface area contributed by atoms with Crippen LogP contribution in [-0.2, 0) is 4.79 Å². The maximum Gasteiger partial charge on any atom is 0.352 e. The van der Waals surface area contributed by atoms with E-state index in [0.717, 1.165) is 0 Å². The molecule has 0 aliphatic heterocycles. The molecule has 0 aromatic carbocycles. The highest BCUT2D eigenvalue weighted by molar-refractivity contribution is 7.78. The van der Waals surface area contributed by atoms with E-state index in [1.807, 2.05) is 0 Å². The highest BCUT2D eigenvalue weighted by Crippen LogP contribution is 2.07. The Morgan fingerprint density at radius 3 is 2.73 bits per heavy atom. The molecule has 0 aliphatic carbocycles. The normalized spacial score (nSPS) is 12.4. The van der Waals surface area contributed by atoms with Gasteiger partial charge in [-0.25, -0.2) is 4.79 Å². The second-order valence-corrected chi connectivity index (χ2v) is 3.10. The van der Waals surface area contributed by atoms with Crippen molar-refractivity contribution in [3.05, 3.63) is 11.8 Å². The summed E-state index contributed by atoms with van der Waals surface area (Å²) in [6, 6.07) is 0. The summed E-state index contributed by atoms with van der Waals surface area (Å²) in [4.78, 5) is 10.3. The van der Waals surface area contributed by atoms with Crippen molar-refractivity contribution in [1.82, 2.24) is 4.72 Å². The van der Waals surface area contributed by atoms with Crippen molar-refractivity contribution in [3.8, 4) is 0 Å². The van der Waals surface area contributed by atoms with Gasteiger partial charge >= 0.3 is 5.97 Å². The van der Waals surface area contributed by atoms with E-state index in [4.69, 9.17) is 10.2 Å². The highest BCUT2D eigenvalue weighted by Gasteiger charge is 2.02. The van der Waals surface area contributed by atoms with Crippen molar-refractivity contribution >= 4 is 27.4 Å². The lowest BCUT2D eigenvalue weighted by Gasteiger charge is -1.98. The van der Waals surface area contributed by atoms with Gasteiger partial charge in [-0.05, 0) is 12.2 Å². The lowest BCUT2D eigenvalue weighted by Crippen LogP contribution is -2.11. The fourth-order valence-corrected chi connectivity index (χ4v) is 1.08. The van der Waals surface area contributed by atoms with Gasteiger partial charge < -0.3 is 14.9 Å². The third-order valence-corrected chi connectivity index (χ3v) is 1.87. The number of aliphatic hydroxyl groups excluding tert-OH is 1. The van der Waals surface area contributed by atoms with E-state index in [0.29, 0.717) is 14.7 Å². The number of aliphatic carboxylic acids is 1. The molecule has 0 saturated carbocycles. The molecule has 0 aliphatic rings. The van der Waals surface area contributed by atoms with Crippen LogP contribution >= 0.6 is 21.4 Å². The molecule has 0 bridgehead atoms. The summed E-state index contributed by atoms with van der Waals surface area (Å²) in [5.41, 5.74) is 0.0503. The smallest absolute Gasteiger partial charge is 0.352 e. The van der Waals surface area contributed by atoms with Crippen molar-refractivity contribution in [1.29, 1.82) is 0 Å². The Bertz CT molecular complexity index is 162. The zero-order valence-electron chi connectivity index (χ0n) is 5.74. The van der Waals surface area contributed by atoms with E-state index in [-0.39, 0.29) is 12.0 Å². The van der Waals surface area contributed by atoms with Gasteiger partial charge in [0.1, 0.15) is 5.70 Å². The van der Waals surface area contributed by atoms with Gasteiger partial charge in [0.25, 0.3) is 0 Å². The third-order valence-electron chi connectivity index (χ3n) is 0.913. The molecule has 11 heavy (non-hydrogen) atoms. The van der Waals surface area contributed by atoms with Crippen LogP contribution in [0.5, 0.6) is 0 Å². The highest BCUT2D eigenvalue weighted by atomic mass is 32.1. The molecular formula is C5H10NO3PS. The largest absolute Gasteiger partial charge is 0.477 e. The molecule has 0 rings (SSSR count). The Morgan fingerprint density at radius 1 is 1.73 bits per heavy atom. The van der Waals surface area contributed by atoms with Gasteiger partial charge in [-0.2, -0.15) is 0 Å². The van der Waals surface area contributed by atoms with Crippen LogP contribution in [0.25, 0.3) is 0 Å². The molecule has 6 heteroatoms. The molecule has 0 aromatic heterocycles. The molecule has 4 nitrogen and oxygen atoms in total. The minimum absolute atomic E-state index is 0.0503. The van der Waals surface area contributed by atoms with Crippen LogP contribution in [0.2, 0.25) is 0 Å². The monoisotopic (exact) mass is 195 g/mol. The van der Waals surface area contributed by atoms with Crippen LogP contribution in [0.4, 0.5) is 0 Å². The number of allylic oxidation sites excluding steroid dienone is 1. The molecule has 0 heterocycles. The molecule has 0 amide bonds. The SMILES string of the molecule is O=C(O)C(=CCPCO)NS. The average molecular weight is 195 g/mol. The second-order valence-electron chi connectivity index (χ2n) is 1.65. The number of carboxylic acids is 1. The number of hydrogen-bond donors (Lipinski definition) is 4. The summed E-state index contributed by atoms with van der Waals surface area (Å²) >= 11 is 3.60. The van der Waals surface area contributed by atoms with Crippen molar-refractivity contribution in [2.24, 2.45) is 0 Å². The van der Waals surface area contributed by atoms with Gasteiger partial charge in [-0.1, -0.05) is 21.4 Å². The predicted octanol–water partition coefficient (Wildman–Crippen LogP) is 0.0176. The fraction of sp³-hybridized carbons (Fsp3) is 0.400. The number of hydrogen-bond acceptors (Lipinski definition) is 4. The van der Waals surface area contributed by atoms with Crippen LogP contribution in [0, 0.1) is 0 Å². The lowest BCUT2D eigenvalue weighted by molar-refractivity contribution is -0.132. The Hall–Kier alpha value is -0.250. The molecule has 0 fully saturated rings. The van der Waals surface area contributed by atoms with Gasteiger partial charge in [-0.15, -0.1) is 0 Å². The topological polar surface area (TPSA) is 69.6 Å². The third kappa shape index (κ3) is 5.07. The van der Waals surface area contributed by atoms with E-state index in [9.17, 15) is 4.79 Å². The van der Waals surface area contributed by atoms with Crippen LogP contribution in [0.15, 0.2) is 11.8 Å². The maximum atomic E-state index is 10.3. The molecular weight excluding hydrogens is 185 g/mol. The van der Waals surface area contributed by atoms with E-state index < -0.39 is 5.97 Å². The molecule has 64 valence electrons. The minimum atomic E-state index is -1.04. The van der Waals surface area contributed by atoms with Crippen LogP contribution in [0.3, 0.4) is 0 Å².